The second-order valence-corrected chi connectivity index (χ2v) is 9.55. The first-order valence-electron chi connectivity index (χ1n) is 9.83. The highest BCUT2D eigenvalue weighted by Crippen LogP contribution is 2.32. The molecule has 0 aliphatic heterocycles. The summed E-state index contributed by atoms with van der Waals surface area (Å²) in [4.78, 5) is 23.1. The van der Waals surface area contributed by atoms with Crippen LogP contribution in [0.3, 0.4) is 0 Å². The molecule has 3 rings (SSSR count). The van der Waals surface area contributed by atoms with Crippen LogP contribution >= 0.6 is 11.6 Å². The van der Waals surface area contributed by atoms with Gasteiger partial charge in [-0.3, -0.25) is 10.1 Å². The Morgan fingerprint density at radius 3 is 2.53 bits per heavy atom. The van der Waals surface area contributed by atoms with Crippen molar-refractivity contribution in [2.75, 3.05) is 17.8 Å². The molecule has 11 heteroatoms. The summed E-state index contributed by atoms with van der Waals surface area (Å²) in [6.07, 6.45) is -0.0648. The molecule has 9 nitrogen and oxygen atoms in total. The fraction of sp³-hybridized carbons (Fsp3) is 0.333. The molecule has 1 aromatic heterocycles. The lowest BCUT2D eigenvalue weighted by atomic mass is 10.1. The summed E-state index contributed by atoms with van der Waals surface area (Å²) < 4.78 is 38.4. The molecule has 3 aromatic rings. The van der Waals surface area contributed by atoms with Gasteiger partial charge in [0.25, 0.3) is 0 Å². The zero-order valence-electron chi connectivity index (χ0n) is 17.4. The Hall–Kier alpha value is -2.82. The second-order valence-electron chi connectivity index (χ2n) is 7.46. The molecule has 0 spiro atoms. The number of halogens is 1. The summed E-state index contributed by atoms with van der Waals surface area (Å²) in [6, 6.07) is 8.00. The number of sulfonamides is 1. The van der Waals surface area contributed by atoms with E-state index in [-0.39, 0.29) is 11.5 Å². The highest BCUT2D eigenvalue weighted by Gasteiger charge is 2.28. The maximum Gasteiger partial charge on any atom is 0.411 e. The van der Waals surface area contributed by atoms with Crippen molar-refractivity contribution in [1.29, 1.82) is 0 Å². The van der Waals surface area contributed by atoms with Crippen LogP contribution in [0.4, 0.5) is 10.5 Å². The van der Waals surface area contributed by atoms with Gasteiger partial charge in [-0.1, -0.05) is 13.8 Å². The van der Waals surface area contributed by atoms with Gasteiger partial charge in [0.2, 0.25) is 10.0 Å². The summed E-state index contributed by atoms with van der Waals surface area (Å²) in [5, 5.41) is 13.2. The average Bonchev–Trinajstić information content (AvgIpc) is 3.09. The normalized spacial score (nSPS) is 12.9. The Kier molecular flexibility index (Phi) is 7.27. The van der Waals surface area contributed by atoms with Crippen LogP contribution in [0, 0.1) is 5.92 Å². The van der Waals surface area contributed by atoms with E-state index in [2.05, 4.69) is 10.0 Å². The van der Waals surface area contributed by atoms with Gasteiger partial charge in [0.1, 0.15) is 17.2 Å². The maximum atomic E-state index is 12.7. The van der Waals surface area contributed by atoms with Crippen LogP contribution in [0.15, 0.2) is 45.7 Å². The van der Waals surface area contributed by atoms with Crippen molar-refractivity contribution < 1.29 is 32.3 Å². The number of aliphatic carboxylic acids is 1. The largest absolute Gasteiger partial charge is 0.480 e. The number of carboxylic acids is 1. The molecule has 3 N–H and O–H groups in total. The van der Waals surface area contributed by atoms with Gasteiger partial charge < -0.3 is 14.3 Å². The lowest BCUT2D eigenvalue weighted by molar-refractivity contribution is -0.140. The predicted molar refractivity (Wildman–Crippen MR) is 121 cm³/mol. The average molecular weight is 483 g/mol. The number of hydrogen-bond donors (Lipinski definition) is 3. The van der Waals surface area contributed by atoms with Crippen molar-refractivity contribution in [3.63, 3.8) is 0 Å². The van der Waals surface area contributed by atoms with Crippen molar-refractivity contribution >= 4 is 61.3 Å². The molecule has 0 fully saturated rings. The zero-order chi connectivity index (χ0) is 23.5. The van der Waals surface area contributed by atoms with Crippen molar-refractivity contribution in [2.45, 2.75) is 31.2 Å². The van der Waals surface area contributed by atoms with Gasteiger partial charge in [0.05, 0.1) is 11.5 Å². The van der Waals surface area contributed by atoms with Gasteiger partial charge in [-0.25, -0.2) is 13.2 Å². The van der Waals surface area contributed by atoms with Gasteiger partial charge in [-0.05, 0) is 42.7 Å². The lowest BCUT2D eigenvalue weighted by Crippen LogP contribution is -2.44. The molecule has 0 aliphatic carbocycles. The van der Waals surface area contributed by atoms with Crippen LogP contribution in [0.1, 0.15) is 20.3 Å². The molecule has 1 heterocycles. The highest BCUT2D eigenvalue weighted by atomic mass is 35.5. The quantitative estimate of drug-likeness (QED) is 0.308. The Balaban J connectivity index is 1.89. The summed E-state index contributed by atoms with van der Waals surface area (Å²) in [5.41, 5.74) is 1.28. The van der Waals surface area contributed by atoms with Crippen LogP contribution < -0.4 is 10.0 Å². The van der Waals surface area contributed by atoms with Crippen molar-refractivity contribution in [2.24, 2.45) is 5.92 Å². The van der Waals surface area contributed by atoms with E-state index in [9.17, 15) is 23.1 Å². The van der Waals surface area contributed by atoms with E-state index in [1.54, 1.807) is 38.1 Å². The highest BCUT2D eigenvalue weighted by molar-refractivity contribution is 7.89. The topological polar surface area (TPSA) is 135 Å². The van der Waals surface area contributed by atoms with E-state index in [0.717, 1.165) is 0 Å². The molecule has 1 atom stereocenters. The summed E-state index contributed by atoms with van der Waals surface area (Å²) >= 11 is 5.56. The summed E-state index contributed by atoms with van der Waals surface area (Å²) in [5.74, 6) is -1.30. The molecule has 0 unspecified atom stereocenters. The predicted octanol–water partition coefficient (Wildman–Crippen LogP) is 4.15. The molecule has 2 aromatic carbocycles. The minimum atomic E-state index is -4.09. The van der Waals surface area contributed by atoms with Crippen LogP contribution in [0.25, 0.3) is 21.9 Å². The van der Waals surface area contributed by atoms with Crippen molar-refractivity contribution in [1.82, 2.24) is 4.72 Å². The van der Waals surface area contributed by atoms with Crippen LogP contribution in [0.5, 0.6) is 0 Å². The van der Waals surface area contributed by atoms with E-state index in [1.807, 2.05) is 0 Å². The number of rotatable bonds is 9. The molecule has 172 valence electrons. The van der Waals surface area contributed by atoms with E-state index in [4.69, 9.17) is 20.8 Å². The Morgan fingerprint density at radius 1 is 1.12 bits per heavy atom. The van der Waals surface area contributed by atoms with Crippen molar-refractivity contribution in [3.8, 4) is 0 Å². The minimum Gasteiger partial charge on any atom is -0.480 e. The van der Waals surface area contributed by atoms with E-state index >= 15 is 0 Å². The van der Waals surface area contributed by atoms with Gasteiger partial charge in [0.15, 0.2) is 0 Å². The molecular weight excluding hydrogens is 460 g/mol. The fourth-order valence-electron chi connectivity index (χ4n) is 3.08. The van der Waals surface area contributed by atoms with Gasteiger partial charge >= 0.3 is 12.1 Å². The number of furan rings is 1. The Labute approximate surface area is 189 Å². The number of benzene rings is 2. The lowest BCUT2D eigenvalue weighted by Gasteiger charge is -2.17. The zero-order valence-corrected chi connectivity index (χ0v) is 19.0. The molecule has 0 saturated carbocycles. The standard InChI is InChI=1S/C21H23ClN2O7S/c1-12(2)19(20(25)26)24-32(28,29)14-5-6-15-16-10-13(23-21(27)30-9-3-8-22)4-7-17(16)31-18(15)11-14/h4-7,10-12,19,24H,3,8-9H2,1-2H3,(H,23,27)(H,25,26)/t19-/m0/s1. The first-order chi connectivity index (χ1) is 15.1. The molecule has 0 bridgehead atoms. The number of nitrogens with one attached hydrogen (secondary N) is 2. The number of ether oxygens (including phenoxy) is 1. The number of carboxylic acid groups (broad SMARTS) is 1. The van der Waals surface area contributed by atoms with E-state index in [1.165, 1.54) is 12.1 Å². The number of anilines is 1. The number of amides is 1. The summed E-state index contributed by atoms with van der Waals surface area (Å²) in [6.45, 7) is 3.43. The number of fused-ring (bicyclic) bond motifs is 3. The van der Waals surface area contributed by atoms with E-state index < -0.39 is 34.0 Å². The third-order valence-electron chi connectivity index (χ3n) is 4.73. The van der Waals surface area contributed by atoms with Gasteiger partial charge in [0, 0.05) is 28.4 Å². The first kappa shape index (κ1) is 23.8. The SMILES string of the molecule is CC(C)[C@H](NS(=O)(=O)c1ccc2c(c1)oc1ccc(NC(=O)OCCCCl)cc12)C(=O)O. The third-order valence-corrected chi connectivity index (χ3v) is 6.43. The smallest absolute Gasteiger partial charge is 0.411 e. The Morgan fingerprint density at radius 2 is 1.88 bits per heavy atom. The fourth-order valence-corrected chi connectivity index (χ4v) is 4.54. The third kappa shape index (κ3) is 5.32. The van der Waals surface area contributed by atoms with Crippen LogP contribution in [-0.2, 0) is 19.6 Å². The molecule has 32 heavy (non-hydrogen) atoms. The molecule has 0 saturated heterocycles. The summed E-state index contributed by atoms with van der Waals surface area (Å²) in [7, 11) is -4.09. The maximum absolute atomic E-state index is 12.7. The monoisotopic (exact) mass is 482 g/mol. The number of hydrogen-bond acceptors (Lipinski definition) is 6. The van der Waals surface area contributed by atoms with Gasteiger partial charge in [-0.2, -0.15) is 4.72 Å². The van der Waals surface area contributed by atoms with Gasteiger partial charge in [-0.15, -0.1) is 11.6 Å². The van der Waals surface area contributed by atoms with Crippen LogP contribution in [0.2, 0.25) is 0 Å². The molecule has 1 amide bonds. The van der Waals surface area contributed by atoms with Crippen LogP contribution in [-0.4, -0.2) is 44.1 Å². The minimum absolute atomic E-state index is 0.114. The molecule has 0 radical (unpaired) electrons. The number of carbonyl (C=O) groups is 2. The second kappa shape index (κ2) is 9.76. The molecule has 0 aliphatic rings. The number of carbonyl (C=O) groups excluding carboxylic acids is 1. The number of alkyl halides is 1. The van der Waals surface area contributed by atoms with Crippen molar-refractivity contribution in [3.05, 3.63) is 36.4 Å². The van der Waals surface area contributed by atoms with E-state index in [0.29, 0.717) is 39.9 Å². The Bertz CT molecular complexity index is 1250. The first-order valence-corrected chi connectivity index (χ1v) is 11.9. The molecular formula is C21H23ClN2O7S.